The van der Waals surface area contributed by atoms with Crippen molar-refractivity contribution in [2.75, 3.05) is 44.3 Å². The molecule has 2 unspecified atom stereocenters. The summed E-state index contributed by atoms with van der Waals surface area (Å²) in [6.45, 7) is 5.64. The number of piperazine rings is 1. The first-order valence-electron chi connectivity index (χ1n) is 11.2. The maximum atomic E-state index is 12.8. The van der Waals surface area contributed by atoms with E-state index in [-0.39, 0.29) is 12.0 Å². The predicted molar refractivity (Wildman–Crippen MR) is 121 cm³/mol. The third kappa shape index (κ3) is 5.59. The Bertz CT molecular complexity index is 888. The lowest BCUT2D eigenvalue weighted by atomic mass is 10.2. The van der Waals surface area contributed by atoms with Gasteiger partial charge in [0.25, 0.3) is 5.91 Å². The van der Waals surface area contributed by atoms with Crippen molar-refractivity contribution in [3.05, 3.63) is 60.2 Å². The average Bonchev–Trinajstić information content (AvgIpc) is 3.37. The lowest BCUT2D eigenvalue weighted by Gasteiger charge is -2.37. The second-order valence-electron chi connectivity index (χ2n) is 8.17. The lowest BCUT2D eigenvalue weighted by Crippen LogP contribution is -2.51. The summed E-state index contributed by atoms with van der Waals surface area (Å²) in [5, 5.41) is 0. The summed E-state index contributed by atoms with van der Waals surface area (Å²) in [7, 11) is 0. The minimum absolute atomic E-state index is 0.140. The maximum absolute atomic E-state index is 12.8. The predicted octanol–water partition coefficient (Wildman–Crippen LogP) is 3.14. The number of amides is 1. The van der Waals surface area contributed by atoms with Gasteiger partial charge in [0.05, 0.1) is 11.7 Å². The van der Waals surface area contributed by atoms with Crippen LogP contribution in [0.5, 0.6) is 5.75 Å². The van der Waals surface area contributed by atoms with Crippen LogP contribution in [0.4, 0.5) is 5.69 Å². The van der Waals surface area contributed by atoms with Gasteiger partial charge in [0, 0.05) is 38.5 Å². The van der Waals surface area contributed by atoms with E-state index in [1.165, 1.54) is 0 Å². The normalized spacial score (nSPS) is 19.5. The van der Waals surface area contributed by atoms with Gasteiger partial charge in [-0.25, -0.2) is 4.79 Å². The number of ether oxygens (including phenoxy) is 3. The van der Waals surface area contributed by atoms with Gasteiger partial charge in [-0.05, 0) is 56.2 Å². The fourth-order valence-corrected chi connectivity index (χ4v) is 4.01. The van der Waals surface area contributed by atoms with E-state index in [2.05, 4.69) is 17.0 Å². The molecule has 7 nitrogen and oxygen atoms in total. The first kappa shape index (κ1) is 22.1. The molecule has 0 aliphatic carbocycles. The van der Waals surface area contributed by atoms with Gasteiger partial charge in [0.1, 0.15) is 12.4 Å². The van der Waals surface area contributed by atoms with Crippen molar-refractivity contribution in [3.63, 3.8) is 0 Å². The van der Waals surface area contributed by atoms with E-state index in [9.17, 15) is 9.59 Å². The van der Waals surface area contributed by atoms with E-state index >= 15 is 0 Å². The Kier molecular flexibility index (Phi) is 7.27. The Morgan fingerprint density at radius 2 is 1.75 bits per heavy atom. The summed E-state index contributed by atoms with van der Waals surface area (Å²) < 4.78 is 16.7. The van der Waals surface area contributed by atoms with E-state index in [4.69, 9.17) is 14.2 Å². The third-order valence-electron chi connectivity index (χ3n) is 5.89. The number of nitrogens with zero attached hydrogens (tertiary/aromatic N) is 2. The number of esters is 1. The Morgan fingerprint density at radius 3 is 2.41 bits per heavy atom. The molecule has 2 aromatic carbocycles. The van der Waals surface area contributed by atoms with Crippen molar-refractivity contribution in [2.45, 2.75) is 32.0 Å². The van der Waals surface area contributed by atoms with E-state index in [0.29, 0.717) is 31.0 Å². The summed E-state index contributed by atoms with van der Waals surface area (Å²) in [5.41, 5.74) is 1.55. The first-order valence-corrected chi connectivity index (χ1v) is 11.2. The van der Waals surface area contributed by atoms with Crippen LogP contribution >= 0.6 is 0 Å². The SMILES string of the molecule is CC(OC(=O)c1ccc(OCC2CCCO2)cc1)C(=O)N1CCN(c2ccccc2)CC1. The van der Waals surface area contributed by atoms with Crippen molar-refractivity contribution < 1.29 is 23.8 Å². The van der Waals surface area contributed by atoms with Gasteiger partial charge in [0.2, 0.25) is 0 Å². The molecule has 4 rings (SSSR count). The van der Waals surface area contributed by atoms with Gasteiger partial charge in [0.15, 0.2) is 6.10 Å². The average molecular weight is 439 g/mol. The Hall–Kier alpha value is -3.06. The van der Waals surface area contributed by atoms with Crippen molar-refractivity contribution in [2.24, 2.45) is 0 Å². The highest BCUT2D eigenvalue weighted by molar-refractivity contribution is 5.92. The second kappa shape index (κ2) is 10.5. The van der Waals surface area contributed by atoms with Crippen molar-refractivity contribution in [1.82, 2.24) is 4.90 Å². The van der Waals surface area contributed by atoms with Gasteiger partial charge in [-0.1, -0.05) is 18.2 Å². The smallest absolute Gasteiger partial charge is 0.338 e. The highest BCUT2D eigenvalue weighted by Gasteiger charge is 2.27. The molecule has 0 spiro atoms. The van der Waals surface area contributed by atoms with E-state index in [0.717, 1.165) is 38.2 Å². The molecule has 2 fully saturated rings. The summed E-state index contributed by atoms with van der Waals surface area (Å²) in [5.74, 6) is -0.000474. The summed E-state index contributed by atoms with van der Waals surface area (Å²) in [6, 6.07) is 16.9. The Balaban J connectivity index is 1.23. The minimum atomic E-state index is -0.832. The molecule has 0 bridgehead atoms. The van der Waals surface area contributed by atoms with Crippen molar-refractivity contribution in [3.8, 4) is 5.75 Å². The van der Waals surface area contributed by atoms with Crippen LogP contribution < -0.4 is 9.64 Å². The maximum Gasteiger partial charge on any atom is 0.338 e. The number of rotatable bonds is 7. The quantitative estimate of drug-likeness (QED) is 0.619. The number of hydrogen-bond donors (Lipinski definition) is 0. The highest BCUT2D eigenvalue weighted by Crippen LogP contribution is 2.19. The summed E-state index contributed by atoms with van der Waals surface area (Å²) in [4.78, 5) is 29.3. The minimum Gasteiger partial charge on any atom is -0.491 e. The first-order chi connectivity index (χ1) is 15.6. The van der Waals surface area contributed by atoms with E-state index < -0.39 is 12.1 Å². The van der Waals surface area contributed by atoms with E-state index in [1.54, 1.807) is 36.1 Å². The molecule has 170 valence electrons. The molecule has 2 atom stereocenters. The zero-order valence-electron chi connectivity index (χ0n) is 18.4. The number of carbonyl (C=O) groups is 2. The third-order valence-corrected chi connectivity index (χ3v) is 5.89. The molecule has 1 amide bonds. The number of hydrogen-bond acceptors (Lipinski definition) is 6. The lowest BCUT2D eigenvalue weighted by molar-refractivity contribution is -0.140. The van der Waals surface area contributed by atoms with Crippen LogP contribution in [0.1, 0.15) is 30.1 Å². The number of para-hydroxylation sites is 1. The van der Waals surface area contributed by atoms with E-state index in [1.807, 2.05) is 18.2 Å². The monoisotopic (exact) mass is 438 g/mol. The number of carbonyl (C=O) groups excluding carboxylic acids is 2. The molecule has 2 aromatic rings. The molecule has 0 N–H and O–H groups in total. The van der Waals surface area contributed by atoms with Crippen LogP contribution in [-0.4, -0.2) is 68.4 Å². The number of benzene rings is 2. The van der Waals surface area contributed by atoms with Gasteiger partial charge in [-0.2, -0.15) is 0 Å². The molecule has 2 heterocycles. The van der Waals surface area contributed by atoms with Crippen LogP contribution in [0, 0.1) is 0 Å². The fourth-order valence-electron chi connectivity index (χ4n) is 4.01. The molecule has 0 saturated carbocycles. The van der Waals surface area contributed by atoms with Gasteiger partial charge < -0.3 is 24.0 Å². The van der Waals surface area contributed by atoms with Gasteiger partial charge in [-0.15, -0.1) is 0 Å². The highest BCUT2D eigenvalue weighted by atomic mass is 16.5. The van der Waals surface area contributed by atoms with Crippen LogP contribution in [0.15, 0.2) is 54.6 Å². The molecule has 2 saturated heterocycles. The second-order valence-corrected chi connectivity index (χ2v) is 8.17. The zero-order chi connectivity index (χ0) is 22.3. The molecule has 2 aliphatic rings. The Morgan fingerprint density at radius 1 is 1.03 bits per heavy atom. The standard InChI is InChI=1S/C25H30N2O5/c1-19(24(28)27-15-13-26(14-16-27)21-6-3-2-4-7-21)32-25(29)20-9-11-22(12-10-20)31-18-23-8-5-17-30-23/h2-4,6-7,9-12,19,23H,5,8,13-18H2,1H3. The molecular weight excluding hydrogens is 408 g/mol. The molecule has 7 heteroatoms. The van der Waals surface area contributed by atoms with Crippen molar-refractivity contribution >= 4 is 17.6 Å². The van der Waals surface area contributed by atoms with Crippen molar-refractivity contribution in [1.29, 1.82) is 0 Å². The largest absolute Gasteiger partial charge is 0.491 e. The molecule has 32 heavy (non-hydrogen) atoms. The van der Waals surface area contributed by atoms with Crippen LogP contribution in [0.2, 0.25) is 0 Å². The summed E-state index contributed by atoms with van der Waals surface area (Å²) >= 11 is 0. The van der Waals surface area contributed by atoms with Crippen LogP contribution in [-0.2, 0) is 14.3 Å². The van der Waals surface area contributed by atoms with Crippen LogP contribution in [0.3, 0.4) is 0 Å². The zero-order valence-corrected chi connectivity index (χ0v) is 18.4. The topological polar surface area (TPSA) is 68.3 Å². The van der Waals surface area contributed by atoms with Gasteiger partial charge >= 0.3 is 5.97 Å². The van der Waals surface area contributed by atoms with Crippen LogP contribution in [0.25, 0.3) is 0 Å². The van der Waals surface area contributed by atoms with Gasteiger partial charge in [-0.3, -0.25) is 4.79 Å². The molecular formula is C25H30N2O5. The number of anilines is 1. The fraction of sp³-hybridized carbons (Fsp3) is 0.440. The molecule has 0 aromatic heterocycles. The molecule has 2 aliphatic heterocycles. The summed E-state index contributed by atoms with van der Waals surface area (Å²) in [6.07, 6.45) is 1.39. The molecule has 0 radical (unpaired) electrons. The Labute approximate surface area is 188 Å².